The molecule has 0 radical (unpaired) electrons. The van der Waals surface area contributed by atoms with Crippen molar-refractivity contribution in [3.05, 3.63) is 18.0 Å². The normalized spacial score (nSPS) is 16.8. The number of carboxylic acids is 1. The molecule has 1 atom stereocenters. The van der Waals surface area contributed by atoms with E-state index in [-0.39, 0.29) is 17.5 Å². The third-order valence-electron chi connectivity index (χ3n) is 2.67. The summed E-state index contributed by atoms with van der Waals surface area (Å²) in [6.45, 7) is 0. The van der Waals surface area contributed by atoms with Crippen molar-refractivity contribution < 1.29 is 14.7 Å². The van der Waals surface area contributed by atoms with Crippen LogP contribution in [0.15, 0.2) is 12.3 Å². The highest BCUT2D eigenvalue weighted by Crippen LogP contribution is 2.39. The van der Waals surface area contributed by atoms with Gasteiger partial charge in [0.1, 0.15) is 5.69 Å². The molecule has 1 aromatic heterocycles. The van der Waals surface area contributed by atoms with Gasteiger partial charge in [0.25, 0.3) is 5.91 Å². The van der Waals surface area contributed by atoms with E-state index in [1.807, 2.05) is 0 Å². The summed E-state index contributed by atoms with van der Waals surface area (Å²) in [6, 6.07) is 0.885. The van der Waals surface area contributed by atoms with Gasteiger partial charge in [0.2, 0.25) is 0 Å². The third-order valence-corrected chi connectivity index (χ3v) is 2.67. The molecule has 1 aliphatic rings. The standard InChI is InChI=1S/C10H13N3O3/c1-11-9(14)7-4-5-13(12-7)8(10(15)16)6-2-3-6/h4-6,8H,2-3H2,1H3,(H,11,14)(H,15,16). The van der Waals surface area contributed by atoms with E-state index in [2.05, 4.69) is 10.4 Å². The van der Waals surface area contributed by atoms with Crippen molar-refractivity contribution in [3.8, 4) is 0 Å². The van der Waals surface area contributed by atoms with E-state index >= 15 is 0 Å². The molecule has 6 nitrogen and oxygen atoms in total. The average Bonchev–Trinajstić information content (AvgIpc) is 2.94. The van der Waals surface area contributed by atoms with Gasteiger partial charge in [-0.1, -0.05) is 0 Å². The van der Waals surface area contributed by atoms with Crippen LogP contribution < -0.4 is 5.32 Å². The van der Waals surface area contributed by atoms with Crippen LogP contribution in [0.5, 0.6) is 0 Å². The lowest BCUT2D eigenvalue weighted by Gasteiger charge is -2.10. The second kappa shape index (κ2) is 3.96. The summed E-state index contributed by atoms with van der Waals surface area (Å²) in [7, 11) is 1.51. The minimum atomic E-state index is -0.894. The van der Waals surface area contributed by atoms with Crippen molar-refractivity contribution >= 4 is 11.9 Å². The number of nitrogens with zero attached hydrogens (tertiary/aromatic N) is 2. The number of hydrogen-bond acceptors (Lipinski definition) is 3. The Hall–Kier alpha value is -1.85. The van der Waals surface area contributed by atoms with E-state index in [1.165, 1.54) is 17.8 Å². The molecule has 0 spiro atoms. The molecule has 86 valence electrons. The number of amides is 1. The van der Waals surface area contributed by atoms with Crippen molar-refractivity contribution in [1.82, 2.24) is 15.1 Å². The molecular weight excluding hydrogens is 210 g/mol. The van der Waals surface area contributed by atoms with E-state index in [0.717, 1.165) is 12.8 Å². The first-order valence-corrected chi connectivity index (χ1v) is 5.13. The topological polar surface area (TPSA) is 84.2 Å². The molecule has 1 fully saturated rings. The highest BCUT2D eigenvalue weighted by atomic mass is 16.4. The Labute approximate surface area is 92.3 Å². The fourth-order valence-electron chi connectivity index (χ4n) is 1.68. The Morgan fingerprint density at radius 3 is 2.81 bits per heavy atom. The predicted octanol–water partition coefficient (Wildman–Crippen LogP) is 0.278. The predicted molar refractivity (Wildman–Crippen MR) is 55.0 cm³/mol. The molecule has 2 rings (SSSR count). The highest BCUT2D eigenvalue weighted by molar-refractivity contribution is 5.91. The van der Waals surface area contributed by atoms with E-state index in [0.29, 0.717) is 0 Å². The maximum Gasteiger partial charge on any atom is 0.328 e. The van der Waals surface area contributed by atoms with Crippen LogP contribution >= 0.6 is 0 Å². The van der Waals surface area contributed by atoms with Crippen LogP contribution in [0, 0.1) is 5.92 Å². The van der Waals surface area contributed by atoms with Crippen LogP contribution in [0.3, 0.4) is 0 Å². The summed E-state index contributed by atoms with van der Waals surface area (Å²) in [4.78, 5) is 22.3. The molecule has 16 heavy (non-hydrogen) atoms. The Balaban J connectivity index is 2.22. The van der Waals surface area contributed by atoms with E-state index in [1.54, 1.807) is 6.20 Å². The van der Waals surface area contributed by atoms with Crippen LogP contribution in [0.4, 0.5) is 0 Å². The highest BCUT2D eigenvalue weighted by Gasteiger charge is 2.38. The summed E-state index contributed by atoms with van der Waals surface area (Å²) in [5.41, 5.74) is 0.245. The Morgan fingerprint density at radius 1 is 1.62 bits per heavy atom. The summed E-state index contributed by atoms with van der Waals surface area (Å²) in [6.07, 6.45) is 3.36. The van der Waals surface area contributed by atoms with E-state index < -0.39 is 12.0 Å². The van der Waals surface area contributed by atoms with Crippen molar-refractivity contribution in [2.24, 2.45) is 5.92 Å². The second-order valence-electron chi connectivity index (χ2n) is 3.88. The van der Waals surface area contributed by atoms with Crippen molar-refractivity contribution in [2.75, 3.05) is 7.05 Å². The summed E-state index contributed by atoms with van der Waals surface area (Å²) < 4.78 is 1.37. The number of hydrogen-bond donors (Lipinski definition) is 2. The second-order valence-corrected chi connectivity index (χ2v) is 3.88. The van der Waals surface area contributed by atoms with Gasteiger partial charge < -0.3 is 10.4 Å². The molecular formula is C10H13N3O3. The van der Waals surface area contributed by atoms with Gasteiger partial charge in [-0.2, -0.15) is 5.10 Å². The molecule has 1 heterocycles. The molecule has 1 amide bonds. The number of aromatic nitrogens is 2. The summed E-state index contributed by atoms with van der Waals surface area (Å²) in [5, 5.41) is 15.5. The number of aliphatic carboxylic acids is 1. The molecule has 0 aliphatic heterocycles. The number of nitrogens with one attached hydrogen (secondary N) is 1. The molecule has 1 saturated carbocycles. The lowest BCUT2D eigenvalue weighted by Crippen LogP contribution is -2.23. The minimum absolute atomic E-state index is 0.148. The zero-order valence-electron chi connectivity index (χ0n) is 8.88. The molecule has 1 aliphatic carbocycles. The van der Waals surface area contributed by atoms with Gasteiger partial charge in [-0.25, -0.2) is 4.79 Å². The van der Waals surface area contributed by atoms with Crippen molar-refractivity contribution in [3.63, 3.8) is 0 Å². The molecule has 0 saturated heterocycles. The first kappa shape index (κ1) is 10.7. The van der Waals surface area contributed by atoms with E-state index in [9.17, 15) is 9.59 Å². The Bertz CT molecular complexity index is 423. The lowest BCUT2D eigenvalue weighted by atomic mass is 10.2. The van der Waals surface area contributed by atoms with Gasteiger partial charge in [0, 0.05) is 13.2 Å². The summed E-state index contributed by atoms with van der Waals surface area (Å²) in [5.74, 6) is -1.05. The van der Waals surface area contributed by atoms with Gasteiger partial charge in [-0.15, -0.1) is 0 Å². The SMILES string of the molecule is CNC(=O)c1ccn(C(C(=O)O)C2CC2)n1. The molecule has 6 heteroatoms. The third kappa shape index (κ3) is 1.91. The van der Waals surface area contributed by atoms with Crippen LogP contribution in [-0.2, 0) is 4.79 Å². The fraction of sp³-hybridized carbons (Fsp3) is 0.500. The number of carboxylic acid groups (broad SMARTS) is 1. The first-order chi connectivity index (χ1) is 7.63. The van der Waals surface area contributed by atoms with Gasteiger partial charge in [0.05, 0.1) is 0 Å². The van der Waals surface area contributed by atoms with Gasteiger partial charge in [-0.3, -0.25) is 9.48 Å². The fourth-order valence-corrected chi connectivity index (χ4v) is 1.68. The van der Waals surface area contributed by atoms with Crippen LogP contribution in [-0.4, -0.2) is 33.8 Å². The molecule has 1 aromatic rings. The number of carbonyl (C=O) groups is 2. The smallest absolute Gasteiger partial charge is 0.328 e. The number of rotatable bonds is 4. The zero-order chi connectivity index (χ0) is 11.7. The minimum Gasteiger partial charge on any atom is -0.480 e. The van der Waals surface area contributed by atoms with Gasteiger partial charge in [-0.05, 0) is 24.8 Å². The Morgan fingerprint density at radius 2 is 2.31 bits per heavy atom. The van der Waals surface area contributed by atoms with Gasteiger partial charge >= 0.3 is 5.97 Å². The quantitative estimate of drug-likeness (QED) is 0.767. The Kier molecular flexibility index (Phi) is 2.64. The number of carbonyl (C=O) groups excluding carboxylic acids is 1. The average molecular weight is 223 g/mol. The van der Waals surface area contributed by atoms with Crippen LogP contribution in [0.25, 0.3) is 0 Å². The maximum atomic E-state index is 11.3. The van der Waals surface area contributed by atoms with Crippen molar-refractivity contribution in [2.45, 2.75) is 18.9 Å². The monoisotopic (exact) mass is 223 g/mol. The zero-order valence-corrected chi connectivity index (χ0v) is 8.88. The van der Waals surface area contributed by atoms with E-state index in [4.69, 9.17) is 5.11 Å². The van der Waals surface area contributed by atoms with Crippen LogP contribution in [0.2, 0.25) is 0 Å². The first-order valence-electron chi connectivity index (χ1n) is 5.13. The molecule has 2 N–H and O–H groups in total. The molecule has 0 bridgehead atoms. The summed E-state index contributed by atoms with van der Waals surface area (Å²) >= 11 is 0. The van der Waals surface area contributed by atoms with Crippen LogP contribution in [0.1, 0.15) is 29.4 Å². The maximum absolute atomic E-state index is 11.3. The lowest BCUT2D eigenvalue weighted by molar-refractivity contribution is -0.141. The van der Waals surface area contributed by atoms with Crippen molar-refractivity contribution in [1.29, 1.82) is 0 Å². The molecule has 0 aromatic carbocycles. The van der Waals surface area contributed by atoms with Gasteiger partial charge in [0.15, 0.2) is 6.04 Å². The largest absolute Gasteiger partial charge is 0.480 e. The molecule has 1 unspecified atom stereocenters.